The molecule has 124 valence electrons. The van der Waals surface area contributed by atoms with E-state index in [-0.39, 0.29) is 0 Å². The number of hydrogen-bond donors (Lipinski definition) is 0. The molecule has 4 rings (SSSR count). The molecule has 0 aliphatic carbocycles. The van der Waals surface area contributed by atoms with Gasteiger partial charge in [0.1, 0.15) is 18.0 Å². The Morgan fingerprint density at radius 1 is 1.00 bits per heavy atom. The molecule has 0 aromatic carbocycles. The van der Waals surface area contributed by atoms with Crippen LogP contribution in [0.4, 0.5) is 10.9 Å². The van der Waals surface area contributed by atoms with E-state index in [1.807, 2.05) is 32.2 Å². The van der Waals surface area contributed by atoms with Gasteiger partial charge in [-0.2, -0.15) is 9.47 Å². The first kappa shape index (κ1) is 15.0. The monoisotopic (exact) mass is 342 g/mol. The van der Waals surface area contributed by atoms with Crippen LogP contribution in [0.5, 0.6) is 0 Å². The number of aryl methyl sites for hydroxylation is 2. The van der Waals surface area contributed by atoms with Crippen molar-refractivity contribution in [2.45, 2.75) is 13.8 Å². The summed E-state index contributed by atoms with van der Waals surface area (Å²) < 4.78 is 6.04. The van der Waals surface area contributed by atoms with Gasteiger partial charge in [-0.15, -0.1) is 0 Å². The Kier molecular flexibility index (Phi) is 3.85. The Hall–Kier alpha value is -2.55. The second-order valence-corrected chi connectivity index (χ2v) is 6.46. The molecule has 9 heteroatoms. The Morgan fingerprint density at radius 2 is 1.75 bits per heavy atom. The van der Waals surface area contributed by atoms with Crippen molar-refractivity contribution in [3.05, 3.63) is 36.2 Å². The van der Waals surface area contributed by atoms with Crippen molar-refractivity contribution < 1.29 is 0 Å². The summed E-state index contributed by atoms with van der Waals surface area (Å²) >= 11 is 1.46. The number of hydrogen-bond acceptors (Lipinski definition) is 8. The predicted molar refractivity (Wildman–Crippen MR) is 93.0 cm³/mol. The molecule has 24 heavy (non-hydrogen) atoms. The van der Waals surface area contributed by atoms with Gasteiger partial charge in [0.05, 0.1) is 5.69 Å². The van der Waals surface area contributed by atoms with Crippen molar-refractivity contribution in [1.29, 1.82) is 0 Å². The minimum atomic E-state index is 0.787. The molecule has 0 amide bonds. The highest BCUT2D eigenvalue weighted by Crippen LogP contribution is 2.21. The normalized spacial score (nSPS) is 15.1. The number of piperazine rings is 1. The van der Waals surface area contributed by atoms with Crippen molar-refractivity contribution in [2.75, 3.05) is 36.0 Å². The Morgan fingerprint density at radius 3 is 2.42 bits per heavy atom. The fourth-order valence-electron chi connectivity index (χ4n) is 2.72. The maximum absolute atomic E-state index is 4.47. The quantitative estimate of drug-likeness (QED) is 0.713. The van der Waals surface area contributed by atoms with E-state index >= 15 is 0 Å². The second-order valence-electron chi connectivity index (χ2n) is 5.73. The zero-order valence-electron chi connectivity index (χ0n) is 13.6. The molecule has 1 saturated heterocycles. The van der Waals surface area contributed by atoms with Crippen molar-refractivity contribution in [2.24, 2.45) is 0 Å². The lowest BCUT2D eigenvalue weighted by Crippen LogP contribution is -2.46. The van der Waals surface area contributed by atoms with E-state index in [0.29, 0.717) is 0 Å². The van der Waals surface area contributed by atoms with Gasteiger partial charge in [0.2, 0.25) is 5.13 Å². The fourth-order valence-corrected chi connectivity index (χ4v) is 3.45. The smallest absolute Gasteiger partial charge is 0.205 e. The van der Waals surface area contributed by atoms with Crippen LogP contribution in [-0.2, 0) is 0 Å². The Balaban J connectivity index is 1.47. The topological polar surface area (TPSA) is 75.9 Å². The third kappa shape index (κ3) is 2.94. The molecule has 0 spiro atoms. The lowest BCUT2D eigenvalue weighted by Gasteiger charge is -2.35. The van der Waals surface area contributed by atoms with E-state index in [1.165, 1.54) is 11.5 Å². The predicted octanol–water partition coefficient (Wildman–Crippen LogP) is 1.46. The second kappa shape index (κ2) is 6.16. The molecular weight excluding hydrogens is 324 g/mol. The molecule has 8 nitrogen and oxygen atoms in total. The molecule has 0 saturated carbocycles. The molecule has 0 atom stereocenters. The molecule has 0 unspecified atom stereocenters. The summed E-state index contributed by atoms with van der Waals surface area (Å²) in [6, 6.07) is 3.95. The number of nitrogens with zero attached hydrogens (tertiary/aromatic N) is 8. The summed E-state index contributed by atoms with van der Waals surface area (Å²) in [6.45, 7) is 7.51. The average molecular weight is 342 g/mol. The number of aromatic nitrogens is 6. The van der Waals surface area contributed by atoms with E-state index in [1.54, 1.807) is 11.0 Å². The van der Waals surface area contributed by atoms with Gasteiger partial charge in [-0.3, -0.25) is 0 Å². The molecular formula is C15H18N8S. The molecule has 1 aliphatic rings. The van der Waals surface area contributed by atoms with Gasteiger partial charge in [0.25, 0.3) is 0 Å². The van der Waals surface area contributed by atoms with Crippen LogP contribution in [0.25, 0.3) is 5.82 Å². The maximum atomic E-state index is 4.47. The van der Waals surface area contributed by atoms with Crippen molar-refractivity contribution >= 4 is 22.5 Å². The summed E-state index contributed by atoms with van der Waals surface area (Å²) in [6.07, 6.45) is 3.51. The molecule has 4 heterocycles. The van der Waals surface area contributed by atoms with E-state index in [0.717, 1.165) is 54.5 Å². The highest BCUT2D eigenvalue weighted by molar-refractivity contribution is 7.09. The van der Waals surface area contributed by atoms with Crippen LogP contribution in [0, 0.1) is 13.8 Å². The number of rotatable bonds is 3. The van der Waals surface area contributed by atoms with E-state index in [2.05, 4.69) is 34.2 Å². The van der Waals surface area contributed by atoms with E-state index in [9.17, 15) is 0 Å². The molecule has 0 N–H and O–H groups in total. The highest BCUT2D eigenvalue weighted by atomic mass is 32.1. The summed E-state index contributed by atoms with van der Waals surface area (Å²) in [4.78, 5) is 17.8. The van der Waals surface area contributed by atoms with Crippen LogP contribution in [0.15, 0.2) is 24.7 Å². The largest absolute Gasteiger partial charge is 0.353 e. The summed E-state index contributed by atoms with van der Waals surface area (Å²) in [5.74, 6) is 2.56. The van der Waals surface area contributed by atoms with Crippen molar-refractivity contribution in [1.82, 2.24) is 29.1 Å². The first-order valence-electron chi connectivity index (χ1n) is 7.84. The molecule has 1 fully saturated rings. The molecule has 3 aromatic heterocycles. The van der Waals surface area contributed by atoms with Crippen LogP contribution in [0.2, 0.25) is 0 Å². The summed E-state index contributed by atoms with van der Waals surface area (Å²) in [7, 11) is 0. The first-order valence-corrected chi connectivity index (χ1v) is 8.61. The van der Waals surface area contributed by atoms with E-state index in [4.69, 9.17) is 0 Å². The maximum Gasteiger partial charge on any atom is 0.205 e. The first-order chi connectivity index (χ1) is 11.7. The van der Waals surface area contributed by atoms with Gasteiger partial charge < -0.3 is 9.80 Å². The van der Waals surface area contributed by atoms with Crippen molar-refractivity contribution in [3.63, 3.8) is 0 Å². The van der Waals surface area contributed by atoms with Gasteiger partial charge in [0.15, 0.2) is 5.82 Å². The van der Waals surface area contributed by atoms with Gasteiger partial charge in [-0.25, -0.2) is 19.6 Å². The van der Waals surface area contributed by atoms with Gasteiger partial charge in [-0.05, 0) is 19.9 Å². The Labute approximate surface area is 144 Å². The minimum Gasteiger partial charge on any atom is -0.353 e. The number of anilines is 2. The van der Waals surface area contributed by atoms with Gasteiger partial charge in [-0.1, -0.05) is 0 Å². The molecule has 1 aliphatic heterocycles. The SMILES string of the molecule is Cc1ccn(-c2cc(N3CCN(c4nc(C)ns4)CC3)ncn2)n1. The highest BCUT2D eigenvalue weighted by Gasteiger charge is 2.21. The zero-order valence-corrected chi connectivity index (χ0v) is 14.4. The Bertz CT molecular complexity index is 833. The third-order valence-corrected chi connectivity index (χ3v) is 4.85. The third-order valence-electron chi connectivity index (χ3n) is 3.99. The van der Waals surface area contributed by atoms with Crippen LogP contribution in [0.1, 0.15) is 11.5 Å². The lowest BCUT2D eigenvalue weighted by atomic mass is 10.3. The molecule has 3 aromatic rings. The minimum absolute atomic E-state index is 0.787. The lowest BCUT2D eigenvalue weighted by molar-refractivity contribution is 0.644. The van der Waals surface area contributed by atoms with Crippen LogP contribution < -0.4 is 9.80 Å². The average Bonchev–Trinajstić information content (AvgIpc) is 3.24. The summed E-state index contributed by atoms with van der Waals surface area (Å²) in [5, 5.41) is 5.41. The zero-order chi connectivity index (χ0) is 16.5. The summed E-state index contributed by atoms with van der Waals surface area (Å²) in [5.41, 5.74) is 0.969. The van der Waals surface area contributed by atoms with E-state index < -0.39 is 0 Å². The van der Waals surface area contributed by atoms with Crippen LogP contribution in [0.3, 0.4) is 0 Å². The van der Waals surface area contributed by atoms with Crippen molar-refractivity contribution in [3.8, 4) is 5.82 Å². The molecule has 0 radical (unpaired) electrons. The van der Waals surface area contributed by atoms with Gasteiger partial charge >= 0.3 is 0 Å². The fraction of sp³-hybridized carbons (Fsp3) is 0.400. The van der Waals surface area contributed by atoms with Crippen LogP contribution >= 0.6 is 11.5 Å². The van der Waals surface area contributed by atoms with Crippen LogP contribution in [-0.4, -0.2) is 55.3 Å². The molecule has 0 bridgehead atoms. The van der Waals surface area contributed by atoms with Gasteiger partial charge in [0, 0.05) is 50.0 Å². The standard InChI is InChI=1S/C15H18N8S/c1-11-3-4-23(19-11)14-9-13(16-10-17-14)21-5-7-22(8-6-21)15-18-12(2)20-24-15/h3-4,9-10H,5-8H2,1-2H3.